The fraction of sp³-hybridized carbons (Fsp3) is 1.00. The maximum Gasteiger partial charge on any atom is 0.0547 e. The number of nitrogens with zero attached hydrogens (tertiary/aromatic N) is 1. The zero-order valence-corrected chi connectivity index (χ0v) is 13.0. The molecule has 0 radical (unpaired) electrons. The van der Waals surface area contributed by atoms with Crippen molar-refractivity contribution < 1.29 is 4.74 Å². The molecule has 1 saturated carbocycles. The van der Waals surface area contributed by atoms with Crippen LogP contribution in [0.4, 0.5) is 0 Å². The van der Waals surface area contributed by atoms with Crippen LogP contribution in [0.1, 0.15) is 32.6 Å². The highest BCUT2D eigenvalue weighted by atomic mass is 32.2. The summed E-state index contributed by atoms with van der Waals surface area (Å²) in [6, 6.07) is 0.817. The number of hydrogen-bond donors (Lipinski definition) is 1. The molecule has 2 heterocycles. The summed E-state index contributed by atoms with van der Waals surface area (Å²) >= 11 is 2.16. The van der Waals surface area contributed by atoms with Crippen molar-refractivity contribution in [2.45, 2.75) is 43.9 Å². The van der Waals surface area contributed by atoms with Crippen molar-refractivity contribution in [1.29, 1.82) is 0 Å². The number of thioether (sulfide) groups is 1. The van der Waals surface area contributed by atoms with Crippen LogP contribution in [0.5, 0.6) is 0 Å². The van der Waals surface area contributed by atoms with Crippen molar-refractivity contribution in [1.82, 2.24) is 10.2 Å². The molecule has 0 aromatic rings. The SMILES string of the molecule is CCC1CN(CC2(CNC3CC3)CCOC2)CCS1. The first-order chi connectivity index (χ1) is 9.30. The van der Waals surface area contributed by atoms with E-state index in [0.29, 0.717) is 5.41 Å². The van der Waals surface area contributed by atoms with E-state index in [1.807, 2.05) is 0 Å². The van der Waals surface area contributed by atoms with Crippen LogP contribution in [0.25, 0.3) is 0 Å². The molecule has 0 amide bonds. The Morgan fingerprint density at radius 1 is 1.42 bits per heavy atom. The third-order valence-electron chi connectivity index (χ3n) is 4.77. The molecule has 3 nitrogen and oxygen atoms in total. The smallest absolute Gasteiger partial charge is 0.0547 e. The van der Waals surface area contributed by atoms with Gasteiger partial charge in [0.1, 0.15) is 0 Å². The Morgan fingerprint density at radius 2 is 2.32 bits per heavy atom. The monoisotopic (exact) mass is 284 g/mol. The third kappa shape index (κ3) is 3.87. The lowest BCUT2D eigenvalue weighted by atomic mass is 9.86. The lowest BCUT2D eigenvalue weighted by Crippen LogP contribution is -2.49. The molecule has 0 aromatic carbocycles. The first-order valence-electron chi connectivity index (χ1n) is 7.95. The van der Waals surface area contributed by atoms with Crippen LogP contribution in [0, 0.1) is 5.41 Å². The summed E-state index contributed by atoms with van der Waals surface area (Å²) in [7, 11) is 0. The molecule has 3 rings (SSSR count). The van der Waals surface area contributed by atoms with Gasteiger partial charge in [-0.2, -0.15) is 11.8 Å². The standard InChI is InChI=1S/C15H28N2OS/c1-2-14-9-17(6-8-19-14)11-15(5-7-18-12-15)10-16-13-3-4-13/h13-14,16H,2-12H2,1H3. The number of hydrogen-bond acceptors (Lipinski definition) is 4. The van der Waals surface area contributed by atoms with Crippen LogP contribution in [0.15, 0.2) is 0 Å². The van der Waals surface area contributed by atoms with Crippen molar-refractivity contribution >= 4 is 11.8 Å². The second-order valence-corrected chi connectivity index (χ2v) is 8.00. The molecule has 0 spiro atoms. The van der Waals surface area contributed by atoms with E-state index in [1.165, 1.54) is 51.1 Å². The van der Waals surface area contributed by atoms with Gasteiger partial charge in [-0.05, 0) is 25.7 Å². The fourth-order valence-corrected chi connectivity index (χ4v) is 4.51. The van der Waals surface area contributed by atoms with Gasteiger partial charge in [-0.3, -0.25) is 0 Å². The van der Waals surface area contributed by atoms with Gasteiger partial charge >= 0.3 is 0 Å². The Bertz CT molecular complexity index is 290. The van der Waals surface area contributed by atoms with Crippen LogP contribution in [-0.2, 0) is 4.74 Å². The number of nitrogens with one attached hydrogen (secondary N) is 1. The molecule has 0 bridgehead atoms. The topological polar surface area (TPSA) is 24.5 Å². The molecule has 2 saturated heterocycles. The van der Waals surface area contributed by atoms with E-state index < -0.39 is 0 Å². The summed E-state index contributed by atoms with van der Waals surface area (Å²) in [4.78, 5) is 2.70. The molecular weight excluding hydrogens is 256 g/mol. The average molecular weight is 284 g/mol. The second-order valence-electron chi connectivity index (χ2n) is 6.59. The van der Waals surface area contributed by atoms with Gasteiger partial charge in [-0.1, -0.05) is 6.92 Å². The van der Waals surface area contributed by atoms with E-state index in [9.17, 15) is 0 Å². The minimum atomic E-state index is 0.392. The molecule has 19 heavy (non-hydrogen) atoms. The van der Waals surface area contributed by atoms with Gasteiger partial charge in [-0.15, -0.1) is 0 Å². The van der Waals surface area contributed by atoms with Crippen LogP contribution in [0.2, 0.25) is 0 Å². The highest BCUT2D eigenvalue weighted by Gasteiger charge is 2.38. The Hall–Kier alpha value is 0.230. The number of rotatable bonds is 6. The van der Waals surface area contributed by atoms with Gasteiger partial charge in [-0.25, -0.2) is 0 Å². The molecule has 2 aliphatic heterocycles. The Balaban J connectivity index is 1.53. The molecule has 2 unspecified atom stereocenters. The largest absolute Gasteiger partial charge is 0.381 e. The summed E-state index contributed by atoms with van der Waals surface area (Å²) in [5.74, 6) is 1.31. The minimum Gasteiger partial charge on any atom is -0.381 e. The lowest BCUT2D eigenvalue weighted by molar-refractivity contribution is 0.109. The van der Waals surface area contributed by atoms with E-state index in [1.54, 1.807) is 0 Å². The normalized spacial score (nSPS) is 36.8. The molecular formula is C15H28N2OS. The van der Waals surface area contributed by atoms with Crippen molar-refractivity contribution in [2.24, 2.45) is 5.41 Å². The fourth-order valence-electron chi connectivity index (χ4n) is 3.26. The van der Waals surface area contributed by atoms with Gasteiger partial charge in [0.25, 0.3) is 0 Å². The van der Waals surface area contributed by atoms with Crippen molar-refractivity contribution in [3.8, 4) is 0 Å². The highest BCUT2D eigenvalue weighted by molar-refractivity contribution is 8.00. The molecule has 2 atom stereocenters. The van der Waals surface area contributed by atoms with E-state index in [4.69, 9.17) is 4.74 Å². The summed E-state index contributed by atoms with van der Waals surface area (Å²) in [6.07, 6.45) is 5.32. The van der Waals surface area contributed by atoms with Crippen LogP contribution >= 0.6 is 11.8 Å². The van der Waals surface area contributed by atoms with Crippen LogP contribution < -0.4 is 5.32 Å². The van der Waals surface area contributed by atoms with Crippen LogP contribution in [0.3, 0.4) is 0 Å². The van der Waals surface area contributed by atoms with E-state index in [2.05, 4.69) is 28.9 Å². The third-order valence-corrected chi connectivity index (χ3v) is 6.14. The van der Waals surface area contributed by atoms with E-state index >= 15 is 0 Å². The first-order valence-corrected chi connectivity index (χ1v) is 9.00. The predicted molar refractivity (Wildman–Crippen MR) is 81.9 cm³/mol. The average Bonchev–Trinajstić information content (AvgIpc) is 3.17. The van der Waals surface area contributed by atoms with E-state index in [0.717, 1.165) is 31.1 Å². The summed E-state index contributed by atoms with van der Waals surface area (Å²) < 4.78 is 5.74. The van der Waals surface area contributed by atoms with Gasteiger partial charge in [0.2, 0.25) is 0 Å². The van der Waals surface area contributed by atoms with Gasteiger partial charge < -0.3 is 15.0 Å². The van der Waals surface area contributed by atoms with Crippen LogP contribution in [-0.4, -0.2) is 61.3 Å². The molecule has 110 valence electrons. The molecule has 1 N–H and O–H groups in total. The summed E-state index contributed by atoms with van der Waals surface area (Å²) in [5.41, 5.74) is 0.392. The number of ether oxygens (including phenoxy) is 1. The molecule has 3 fully saturated rings. The Morgan fingerprint density at radius 3 is 3.00 bits per heavy atom. The van der Waals surface area contributed by atoms with E-state index in [-0.39, 0.29) is 0 Å². The van der Waals surface area contributed by atoms with Crippen molar-refractivity contribution in [2.75, 3.05) is 45.1 Å². The van der Waals surface area contributed by atoms with Crippen molar-refractivity contribution in [3.63, 3.8) is 0 Å². The zero-order chi connectivity index (χ0) is 13.1. The predicted octanol–water partition coefficient (Wildman–Crippen LogP) is 1.97. The summed E-state index contributed by atoms with van der Waals surface area (Å²) in [6.45, 7) is 9.21. The lowest BCUT2D eigenvalue weighted by Gasteiger charge is -2.38. The highest BCUT2D eigenvalue weighted by Crippen LogP contribution is 2.32. The Kier molecular flexibility index (Phi) is 4.73. The minimum absolute atomic E-state index is 0.392. The summed E-state index contributed by atoms with van der Waals surface area (Å²) in [5, 5.41) is 4.59. The van der Waals surface area contributed by atoms with Crippen molar-refractivity contribution in [3.05, 3.63) is 0 Å². The first kappa shape index (κ1) is 14.2. The van der Waals surface area contributed by atoms with Gasteiger partial charge in [0.05, 0.1) is 6.61 Å². The molecule has 1 aliphatic carbocycles. The molecule has 4 heteroatoms. The Labute approximate surface area is 121 Å². The quantitative estimate of drug-likeness (QED) is 0.806. The maximum atomic E-state index is 5.74. The van der Waals surface area contributed by atoms with Gasteiger partial charge in [0.15, 0.2) is 0 Å². The second kappa shape index (κ2) is 6.33. The zero-order valence-electron chi connectivity index (χ0n) is 12.2. The molecule has 0 aromatic heterocycles. The van der Waals surface area contributed by atoms with Gasteiger partial charge in [0, 0.05) is 55.2 Å². The maximum absolute atomic E-state index is 5.74. The molecule has 3 aliphatic rings.